The molecule has 2 amide bonds. The molecule has 0 spiro atoms. The zero-order valence-corrected chi connectivity index (χ0v) is 16.6. The Hall–Kier alpha value is -2.48. The molecule has 0 radical (unpaired) electrons. The van der Waals surface area contributed by atoms with Crippen LogP contribution in [-0.4, -0.2) is 38.6 Å². The van der Waals surface area contributed by atoms with Gasteiger partial charge in [0.05, 0.1) is 19.2 Å². The fraction of sp³-hybridized carbons (Fsp3) is 0.300. The van der Waals surface area contributed by atoms with Gasteiger partial charge in [-0.2, -0.15) is 0 Å². The topological polar surface area (TPSA) is 79.5 Å². The van der Waals surface area contributed by atoms with Crippen molar-refractivity contribution in [3.05, 3.63) is 65.5 Å². The van der Waals surface area contributed by atoms with Crippen molar-refractivity contribution in [3.63, 3.8) is 0 Å². The summed E-state index contributed by atoms with van der Waals surface area (Å²) in [5.74, 6) is -0.806. The van der Waals surface area contributed by atoms with Gasteiger partial charge in [-0.05, 0) is 48.9 Å². The Bertz CT molecular complexity index is 754. The molecule has 1 atom stereocenters. The molecule has 0 heterocycles. The molecule has 2 aromatic rings. The van der Waals surface area contributed by atoms with Crippen LogP contribution in [0, 0.1) is 5.82 Å². The largest absolute Gasteiger partial charge is 0.383 e. The highest BCUT2D eigenvalue weighted by molar-refractivity contribution is 6.04. The summed E-state index contributed by atoms with van der Waals surface area (Å²) in [5.41, 5.74) is 1.91. The lowest BCUT2D eigenvalue weighted by atomic mass is 10.1. The van der Waals surface area contributed by atoms with Crippen molar-refractivity contribution in [1.29, 1.82) is 0 Å². The maximum absolute atomic E-state index is 12.9. The maximum atomic E-state index is 12.9. The van der Waals surface area contributed by atoms with Crippen molar-refractivity contribution in [3.8, 4) is 0 Å². The first kappa shape index (κ1) is 23.6. The zero-order valence-electron chi connectivity index (χ0n) is 15.8. The van der Waals surface area contributed by atoms with Crippen molar-refractivity contribution in [2.45, 2.75) is 13.0 Å². The summed E-state index contributed by atoms with van der Waals surface area (Å²) in [6.07, 6.45) is 0. The molecule has 28 heavy (non-hydrogen) atoms. The number of hydrogen-bond acceptors (Lipinski definition) is 4. The van der Waals surface area contributed by atoms with Crippen molar-refractivity contribution < 1.29 is 18.7 Å². The highest BCUT2D eigenvalue weighted by Crippen LogP contribution is 2.17. The van der Waals surface area contributed by atoms with E-state index in [0.29, 0.717) is 24.4 Å². The minimum atomic E-state index is -0.388. The number of hydrogen-bond donors (Lipinski definition) is 3. The SMILES string of the molecule is COCCNCC(=O)NC(C)c1ccc(NC(=O)c2ccc(F)cc2)cc1.Cl. The van der Waals surface area contributed by atoms with E-state index in [2.05, 4.69) is 16.0 Å². The van der Waals surface area contributed by atoms with E-state index in [1.165, 1.54) is 24.3 Å². The highest BCUT2D eigenvalue weighted by Gasteiger charge is 2.10. The Morgan fingerprint density at radius 3 is 2.32 bits per heavy atom. The third kappa shape index (κ3) is 7.64. The number of ether oxygens (including phenoxy) is 1. The van der Waals surface area contributed by atoms with E-state index in [1.54, 1.807) is 19.2 Å². The van der Waals surface area contributed by atoms with E-state index < -0.39 is 0 Å². The van der Waals surface area contributed by atoms with Crippen molar-refractivity contribution >= 4 is 29.9 Å². The van der Waals surface area contributed by atoms with Crippen LogP contribution in [-0.2, 0) is 9.53 Å². The monoisotopic (exact) mass is 409 g/mol. The second kappa shape index (κ2) is 12.1. The van der Waals surface area contributed by atoms with E-state index in [4.69, 9.17) is 4.74 Å². The fourth-order valence-electron chi connectivity index (χ4n) is 2.41. The lowest BCUT2D eigenvalue weighted by Gasteiger charge is -2.15. The Kier molecular flexibility index (Phi) is 10.2. The lowest BCUT2D eigenvalue weighted by molar-refractivity contribution is -0.120. The first-order chi connectivity index (χ1) is 13.0. The van der Waals surface area contributed by atoms with Crippen LogP contribution in [0.5, 0.6) is 0 Å². The molecule has 0 aromatic heterocycles. The number of carbonyl (C=O) groups excluding carboxylic acids is 2. The Morgan fingerprint density at radius 2 is 1.71 bits per heavy atom. The average molecular weight is 410 g/mol. The summed E-state index contributed by atoms with van der Waals surface area (Å²) in [6, 6.07) is 12.4. The Labute approximate surface area is 170 Å². The number of rotatable bonds is 9. The van der Waals surface area contributed by atoms with Crippen LogP contribution in [0.3, 0.4) is 0 Å². The molecule has 0 aliphatic carbocycles. The van der Waals surface area contributed by atoms with Gasteiger partial charge in [-0.1, -0.05) is 12.1 Å². The van der Waals surface area contributed by atoms with Gasteiger partial charge in [0, 0.05) is 24.9 Å². The molecule has 152 valence electrons. The predicted molar refractivity (Wildman–Crippen MR) is 109 cm³/mol. The maximum Gasteiger partial charge on any atom is 0.255 e. The summed E-state index contributed by atoms with van der Waals surface area (Å²) in [7, 11) is 1.61. The molecule has 0 aliphatic heterocycles. The highest BCUT2D eigenvalue weighted by atomic mass is 35.5. The molecule has 0 saturated carbocycles. The van der Waals surface area contributed by atoms with Gasteiger partial charge in [-0.15, -0.1) is 12.4 Å². The van der Waals surface area contributed by atoms with Crippen LogP contribution in [0.4, 0.5) is 10.1 Å². The minimum Gasteiger partial charge on any atom is -0.383 e. The van der Waals surface area contributed by atoms with Gasteiger partial charge >= 0.3 is 0 Å². The molecule has 0 bridgehead atoms. The van der Waals surface area contributed by atoms with Crippen molar-refractivity contribution in [2.24, 2.45) is 0 Å². The Morgan fingerprint density at radius 1 is 1.07 bits per heavy atom. The first-order valence-electron chi connectivity index (χ1n) is 8.65. The zero-order chi connectivity index (χ0) is 19.6. The average Bonchev–Trinajstić information content (AvgIpc) is 2.66. The van der Waals surface area contributed by atoms with E-state index in [1.807, 2.05) is 19.1 Å². The molecule has 0 aliphatic rings. The fourth-order valence-corrected chi connectivity index (χ4v) is 2.41. The number of nitrogens with one attached hydrogen (secondary N) is 3. The number of methoxy groups -OCH3 is 1. The second-order valence-electron chi connectivity index (χ2n) is 6.04. The summed E-state index contributed by atoms with van der Waals surface area (Å²) in [5, 5.41) is 8.64. The summed E-state index contributed by atoms with van der Waals surface area (Å²) in [4.78, 5) is 24.0. The second-order valence-corrected chi connectivity index (χ2v) is 6.04. The molecule has 1 unspecified atom stereocenters. The molecular weight excluding hydrogens is 385 g/mol. The number of amides is 2. The predicted octanol–water partition coefficient (Wildman–Crippen LogP) is 2.91. The number of carbonyl (C=O) groups is 2. The molecule has 0 saturated heterocycles. The van der Waals surface area contributed by atoms with Gasteiger partial charge in [0.2, 0.25) is 5.91 Å². The Balaban J connectivity index is 0.00000392. The van der Waals surface area contributed by atoms with E-state index in [0.717, 1.165) is 5.56 Å². The molecule has 2 rings (SSSR count). The third-order valence-electron chi connectivity index (χ3n) is 3.92. The molecule has 8 heteroatoms. The number of halogens is 2. The van der Waals surface area contributed by atoms with Crippen LogP contribution in [0.2, 0.25) is 0 Å². The van der Waals surface area contributed by atoms with Crippen LogP contribution in [0.15, 0.2) is 48.5 Å². The molecule has 6 nitrogen and oxygen atoms in total. The molecular formula is C20H25ClFN3O3. The van der Waals surface area contributed by atoms with E-state index in [-0.39, 0.29) is 42.6 Å². The van der Waals surface area contributed by atoms with Gasteiger partial charge in [0.25, 0.3) is 5.91 Å². The van der Waals surface area contributed by atoms with Gasteiger partial charge in [-0.3, -0.25) is 9.59 Å². The van der Waals surface area contributed by atoms with Gasteiger partial charge in [0.15, 0.2) is 0 Å². The standard InChI is InChI=1S/C20H24FN3O3.ClH/c1-14(23-19(25)13-22-11-12-27-2)15-5-9-18(10-6-15)24-20(26)16-3-7-17(21)8-4-16;/h3-10,14,22H,11-13H2,1-2H3,(H,23,25)(H,24,26);1H. The third-order valence-corrected chi connectivity index (χ3v) is 3.92. The lowest BCUT2D eigenvalue weighted by Crippen LogP contribution is -2.36. The molecule has 0 fully saturated rings. The van der Waals surface area contributed by atoms with Gasteiger partial charge in [0.1, 0.15) is 5.82 Å². The summed E-state index contributed by atoms with van der Waals surface area (Å²) >= 11 is 0. The summed E-state index contributed by atoms with van der Waals surface area (Å²) < 4.78 is 17.8. The van der Waals surface area contributed by atoms with Crippen LogP contribution < -0.4 is 16.0 Å². The minimum absolute atomic E-state index is 0. The van der Waals surface area contributed by atoms with E-state index >= 15 is 0 Å². The number of benzene rings is 2. The first-order valence-corrected chi connectivity index (χ1v) is 8.65. The van der Waals surface area contributed by atoms with Gasteiger partial charge in [-0.25, -0.2) is 4.39 Å². The number of anilines is 1. The van der Waals surface area contributed by atoms with Crippen LogP contribution in [0.1, 0.15) is 28.9 Å². The van der Waals surface area contributed by atoms with Gasteiger partial charge < -0.3 is 20.7 Å². The normalized spacial score (nSPS) is 11.2. The van der Waals surface area contributed by atoms with Crippen LogP contribution in [0.25, 0.3) is 0 Å². The molecule has 2 aromatic carbocycles. The molecule has 3 N–H and O–H groups in total. The van der Waals surface area contributed by atoms with Crippen molar-refractivity contribution in [2.75, 3.05) is 32.1 Å². The van der Waals surface area contributed by atoms with Crippen molar-refractivity contribution in [1.82, 2.24) is 10.6 Å². The quantitative estimate of drug-likeness (QED) is 0.556. The van der Waals surface area contributed by atoms with E-state index in [9.17, 15) is 14.0 Å². The summed E-state index contributed by atoms with van der Waals surface area (Å²) in [6.45, 7) is 3.27. The van der Waals surface area contributed by atoms with Crippen LogP contribution >= 0.6 is 12.4 Å². The smallest absolute Gasteiger partial charge is 0.255 e.